The maximum atomic E-state index is 9.92. The van der Waals surface area contributed by atoms with Gasteiger partial charge in [-0.1, -0.05) is 6.92 Å². The van der Waals surface area contributed by atoms with Gasteiger partial charge in [0, 0.05) is 0 Å². The Morgan fingerprint density at radius 1 is 0.696 bits per heavy atom. The Labute approximate surface area is 132 Å². The molecule has 0 radical (unpaired) electrons. The van der Waals surface area contributed by atoms with Crippen LogP contribution in [-0.4, -0.2) is 104 Å². The molecule has 0 saturated carbocycles. The molecule has 23 heavy (non-hydrogen) atoms. The first-order valence-electron chi connectivity index (χ1n) is 7.47. The summed E-state index contributed by atoms with van der Waals surface area (Å²) in [5.41, 5.74) is 0. The molecular weight excluding hydrogens is 316 g/mol. The van der Waals surface area contributed by atoms with E-state index in [0.29, 0.717) is 6.42 Å². The zero-order chi connectivity index (χ0) is 17.3. The lowest BCUT2D eigenvalue weighted by atomic mass is 9.97. The molecule has 2 fully saturated rings. The summed E-state index contributed by atoms with van der Waals surface area (Å²) in [5.74, 6) is 0. The minimum Gasteiger partial charge on any atom is -0.394 e. The smallest absolute Gasteiger partial charge is 0.189 e. The third kappa shape index (κ3) is 3.66. The number of hydrogen-bond donors (Lipinski definition) is 7. The lowest BCUT2D eigenvalue weighted by molar-refractivity contribution is -0.375. The zero-order valence-corrected chi connectivity index (χ0v) is 12.5. The highest BCUT2D eigenvalue weighted by Crippen LogP contribution is 2.28. The second kappa shape index (κ2) is 7.66. The van der Waals surface area contributed by atoms with Gasteiger partial charge in [-0.15, -0.1) is 0 Å². The van der Waals surface area contributed by atoms with E-state index in [-0.39, 0.29) is 0 Å². The fourth-order valence-corrected chi connectivity index (χ4v) is 2.68. The van der Waals surface area contributed by atoms with Gasteiger partial charge in [0.05, 0.1) is 12.7 Å². The fraction of sp³-hybridized carbons (Fsp3) is 1.00. The van der Waals surface area contributed by atoms with Crippen LogP contribution in [0.4, 0.5) is 0 Å². The summed E-state index contributed by atoms with van der Waals surface area (Å²) in [5, 5.41) is 67.9. The van der Waals surface area contributed by atoms with Gasteiger partial charge in [-0.3, -0.25) is 0 Å². The lowest BCUT2D eigenvalue weighted by Crippen LogP contribution is -2.63. The topological polar surface area (TPSA) is 169 Å². The van der Waals surface area contributed by atoms with Gasteiger partial charge in [-0.05, 0) is 6.42 Å². The van der Waals surface area contributed by atoms with Crippen LogP contribution in [0.3, 0.4) is 0 Å². The van der Waals surface area contributed by atoms with Crippen molar-refractivity contribution in [3.8, 4) is 0 Å². The molecule has 0 bridgehead atoms. The number of aliphatic hydroxyl groups excluding tert-OH is 7. The Kier molecular flexibility index (Phi) is 6.30. The monoisotopic (exact) mass is 340 g/mol. The Hall–Kier alpha value is -0.400. The van der Waals surface area contributed by atoms with Gasteiger partial charge in [-0.2, -0.15) is 0 Å². The van der Waals surface area contributed by atoms with E-state index in [2.05, 4.69) is 0 Å². The van der Waals surface area contributed by atoms with Crippen LogP contribution in [0.25, 0.3) is 0 Å². The lowest BCUT2D eigenvalue weighted by Gasteiger charge is -2.44. The van der Waals surface area contributed by atoms with Crippen LogP contribution >= 0.6 is 0 Å². The summed E-state index contributed by atoms with van der Waals surface area (Å²) >= 11 is 0. The standard InChI is InChI=1S/C13H24O10/c1-2-4-6(15)8(17)10(19)12(21-4)23-13-11(20)9(18)7(16)5(3-14)22-13/h4-20H,2-3H2,1H3/t4?,5?,6-,7-,8+,9?,10?,11?,12-,13-/m1/s1. The minimum absolute atomic E-state index is 0.333. The zero-order valence-electron chi connectivity index (χ0n) is 12.5. The van der Waals surface area contributed by atoms with Crippen molar-refractivity contribution in [3.05, 3.63) is 0 Å². The summed E-state index contributed by atoms with van der Waals surface area (Å²) in [6.07, 6.45) is -13.8. The highest BCUT2D eigenvalue weighted by atomic mass is 16.8. The second-order valence-corrected chi connectivity index (χ2v) is 5.76. The first kappa shape index (κ1) is 18.9. The molecule has 5 unspecified atom stereocenters. The van der Waals surface area contributed by atoms with Gasteiger partial charge in [0.15, 0.2) is 12.6 Å². The second-order valence-electron chi connectivity index (χ2n) is 5.76. The fourth-order valence-electron chi connectivity index (χ4n) is 2.68. The van der Waals surface area contributed by atoms with E-state index < -0.39 is 68.0 Å². The quantitative estimate of drug-likeness (QED) is 0.268. The molecule has 10 atom stereocenters. The molecule has 0 aromatic heterocycles. The van der Waals surface area contributed by atoms with E-state index in [4.69, 9.17) is 19.3 Å². The van der Waals surface area contributed by atoms with Crippen molar-refractivity contribution in [2.75, 3.05) is 6.61 Å². The first-order chi connectivity index (χ1) is 10.8. The van der Waals surface area contributed by atoms with Crippen molar-refractivity contribution in [3.63, 3.8) is 0 Å². The molecule has 10 heteroatoms. The summed E-state index contributed by atoms with van der Waals surface area (Å²) in [4.78, 5) is 0. The minimum atomic E-state index is -1.66. The molecule has 0 aromatic carbocycles. The van der Waals surface area contributed by atoms with Crippen LogP contribution in [0.2, 0.25) is 0 Å². The van der Waals surface area contributed by atoms with Crippen molar-refractivity contribution < 1.29 is 50.0 Å². The van der Waals surface area contributed by atoms with Crippen molar-refractivity contribution in [2.45, 2.75) is 74.8 Å². The van der Waals surface area contributed by atoms with E-state index in [9.17, 15) is 30.6 Å². The van der Waals surface area contributed by atoms with E-state index in [1.807, 2.05) is 0 Å². The summed E-state index contributed by atoms with van der Waals surface area (Å²) in [6.45, 7) is 1.07. The Morgan fingerprint density at radius 2 is 1.13 bits per heavy atom. The summed E-state index contributed by atoms with van der Waals surface area (Å²) in [6, 6.07) is 0. The number of ether oxygens (including phenoxy) is 3. The molecule has 0 amide bonds. The summed E-state index contributed by atoms with van der Waals surface area (Å²) in [7, 11) is 0. The van der Waals surface area contributed by atoms with Crippen molar-refractivity contribution >= 4 is 0 Å². The van der Waals surface area contributed by atoms with Gasteiger partial charge >= 0.3 is 0 Å². The average Bonchev–Trinajstić information content (AvgIpc) is 2.55. The van der Waals surface area contributed by atoms with E-state index in [0.717, 1.165) is 0 Å². The van der Waals surface area contributed by atoms with Crippen molar-refractivity contribution in [1.82, 2.24) is 0 Å². The molecular formula is C13H24O10. The number of aliphatic hydroxyl groups is 7. The normalized spacial score (nSPS) is 51.7. The average molecular weight is 340 g/mol. The SMILES string of the molecule is CCC1O[C@H](O[C@H]2OC(CO)[C@@H](O)C(O)C2O)C(O)[C@@H](O)[C@@H]1O. The van der Waals surface area contributed by atoms with Crippen LogP contribution in [0.5, 0.6) is 0 Å². The Morgan fingerprint density at radius 3 is 1.57 bits per heavy atom. The maximum absolute atomic E-state index is 9.92. The molecule has 0 aromatic rings. The molecule has 0 spiro atoms. The molecule has 7 N–H and O–H groups in total. The molecule has 10 nitrogen and oxygen atoms in total. The molecule has 2 saturated heterocycles. The van der Waals surface area contributed by atoms with Gasteiger partial charge < -0.3 is 50.0 Å². The predicted molar refractivity (Wildman–Crippen MR) is 71.8 cm³/mol. The molecule has 2 aliphatic heterocycles. The van der Waals surface area contributed by atoms with Crippen molar-refractivity contribution in [2.24, 2.45) is 0 Å². The maximum Gasteiger partial charge on any atom is 0.189 e. The molecule has 2 rings (SSSR count). The van der Waals surface area contributed by atoms with Crippen LogP contribution in [0.15, 0.2) is 0 Å². The van der Waals surface area contributed by atoms with E-state index >= 15 is 0 Å². The predicted octanol–water partition coefficient (Wildman–Crippen LogP) is -3.98. The molecule has 136 valence electrons. The summed E-state index contributed by atoms with van der Waals surface area (Å²) < 4.78 is 15.7. The van der Waals surface area contributed by atoms with Crippen LogP contribution in [0, 0.1) is 0 Å². The third-order valence-corrected chi connectivity index (χ3v) is 4.19. The molecule has 0 aliphatic carbocycles. The largest absolute Gasteiger partial charge is 0.394 e. The molecule has 2 aliphatic rings. The van der Waals surface area contributed by atoms with Gasteiger partial charge in [0.2, 0.25) is 0 Å². The highest BCUT2D eigenvalue weighted by molar-refractivity contribution is 4.92. The van der Waals surface area contributed by atoms with Crippen LogP contribution in [-0.2, 0) is 14.2 Å². The number of hydrogen-bond acceptors (Lipinski definition) is 10. The highest BCUT2D eigenvalue weighted by Gasteiger charge is 2.49. The van der Waals surface area contributed by atoms with Crippen LogP contribution in [0.1, 0.15) is 13.3 Å². The Bertz CT molecular complexity index is 344. The Balaban J connectivity index is 2.07. The van der Waals surface area contributed by atoms with E-state index in [1.54, 1.807) is 6.92 Å². The van der Waals surface area contributed by atoms with Crippen LogP contribution < -0.4 is 0 Å². The van der Waals surface area contributed by atoms with Gasteiger partial charge in [0.1, 0.15) is 42.7 Å². The van der Waals surface area contributed by atoms with Gasteiger partial charge in [-0.25, -0.2) is 0 Å². The van der Waals surface area contributed by atoms with Crippen molar-refractivity contribution in [1.29, 1.82) is 0 Å². The number of rotatable bonds is 4. The molecule has 2 heterocycles. The van der Waals surface area contributed by atoms with E-state index in [1.165, 1.54) is 0 Å². The first-order valence-corrected chi connectivity index (χ1v) is 7.47. The van der Waals surface area contributed by atoms with Gasteiger partial charge in [0.25, 0.3) is 0 Å². The third-order valence-electron chi connectivity index (χ3n) is 4.19.